The number of aromatic nitrogens is 2. The van der Waals surface area contributed by atoms with Crippen molar-refractivity contribution in [1.82, 2.24) is 9.55 Å². The van der Waals surface area contributed by atoms with Crippen molar-refractivity contribution in [3.63, 3.8) is 0 Å². The summed E-state index contributed by atoms with van der Waals surface area (Å²) in [5, 5.41) is 0.653. The third kappa shape index (κ3) is 2.48. The molecule has 0 radical (unpaired) electrons. The van der Waals surface area contributed by atoms with Gasteiger partial charge >= 0.3 is 0 Å². The molecular weight excluding hydrogens is 299 g/mol. The lowest BCUT2D eigenvalue weighted by Crippen LogP contribution is -2.16. The maximum absolute atomic E-state index is 6.29. The van der Waals surface area contributed by atoms with Gasteiger partial charge in [-0.25, -0.2) is 4.98 Å². The second-order valence-corrected chi connectivity index (χ2v) is 7.56. The fraction of sp³-hybridized carbons (Fsp3) is 0.500. The van der Waals surface area contributed by atoms with Crippen LogP contribution in [-0.2, 0) is 6.54 Å². The molecule has 3 rings (SSSR count). The Morgan fingerprint density at radius 3 is 2.79 bits per heavy atom. The molecule has 0 bridgehead atoms. The van der Waals surface area contributed by atoms with E-state index in [9.17, 15) is 0 Å². The van der Waals surface area contributed by atoms with E-state index < -0.39 is 0 Å². The van der Waals surface area contributed by atoms with Crippen LogP contribution in [0.1, 0.15) is 31.0 Å². The Morgan fingerprint density at radius 2 is 2.21 bits per heavy atom. The van der Waals surface area contributed by atoms with Crippen molar-refractivity contribution in [2.24, 2.45) is 0 Å². The van der Waals surface area contributed by atoms with Gasteiger partial charge in [-0.1, -0.05) is 11.6 Å². The van der Waals surface area contributed by atoms with E-state index in [0.29, 0.717) is 4.75 Å². The minimum absolute atomic E-state index is 0.0937. The van der Waals surface area contributed by atoms with E-state index in [2.05, 4.69) is 15.8 Å². The number of fused-ring (bicyclic) bond motifs is 1. The van der Waals surface area contributed by atoms with E-state index in [0.717, 1.165) is 28.4 Å². The maximum Gasteiger partial charge on any atom is 0.127 e. The quantitative estimate of drug-likeness (QED) is 0.748. The molecule has 0 aliphatic heterocycles. The number of hydrogen-bond donors (Lipinski definition) is 0. The molecule has 1 fully saturated rings. The van der Waals surface area contributed by atoms with Crippen LogP contribution in [0.4, 0.5) is 0 Å². The molecule has 19 heavy (non-hydrogen) atoms. The first-order valence-electron chi connectivity index (χ1n) is 6.39. The van der Waals surface area contributed by atoms with Crippen molar-refractivity contribution in [1.29, 1.82) is 0 Å². The molecule has 2 aromatic rings. The highest BCUT2D eigenvalue weighted by Crippen LogP contribution is 2.49. The Kier molecular flexibility index (Phi) is 3.48. The monoisotopic (exact) mass is 314 g/mol. The maximum atomic E-state index is 6.29. The lowest BCUT2D eigenvalue weighted by Gasteiger charge is -2.17. The summed E-state index contributed by atoms with van der Waals surface area (Å²) in [5.41, 5.74) is 2.07. The van der Waals surface area contributed by atoms with Crippen molar-refractivity contribution >= 4 is 46.0 Å². The van der Waals surface area contributed by atoms with Gasteiger partial charge in [-0.05, 0) is 44.2 Å². The van der Waals surface area contributed by atoms with Gasteiger partial charge in [0, 0.05) is 16.3 Å². The van der Waals surface area contributed by atoms with Crippen LogP contribution in [0, 0.1) is 0 Å². The predicted octanol–water partition coefficient (Wildman–Crippen LogP) is 4.89. The van der Waals surface area contributed by atoms with Gasteiger partial charge in [0.05, 0.1) is 16.4 Å². The molecule has 1 atom stereocenters. The summed E-state index contributed by atoms with van der Waals surface area (Å²) in [7, 11) is 0. The molecule has 0 amide bonds. The number of halogens is 2. The van der Waals surface area contributed by atoms with Crippen molar-refractivity contribution in [2.45, 2.75) is 36.4 Å². The molecule has 1 unspecified atom stereocenters. The highest BCUT2D eigenvalue weighted by atomic mass is 35.5. The second kappa shape index (κ2) is 4.87. The topological polar surface area (TPSA) is 17.8 Å². The van der Waals surface area contributed by atoms with E-state index in [1.807, 2.05) is 36.9 Å². The van der Waals surface area contributed by atoms with Crippen LogP contribution in [0.25, 0.3) is 11.0 Å². The number of alkyl halides is 1. The molecule has 1 heterocycles. The average molecular weight is 315 g/mol. The summed E-state index contributed by atoms with van der Waals surface area (Å²) in [6.45, 7) is 2.94. The van der Waals surface area contributed by atoms with Gasteiger partial charge < -0.3 is 4.57 Å². The fourth-order valence-corrected chi connectivity index (χ4v) is 3.54. The van der Waals surface area contributed by atoms with Crippen LogP contribution in [0.5, 0.6) is 0 Å². The van der Waals surface area contributed by atoms with Gasteiger partial charge in [0.2, 0.25) is 0 Å². The van der Waals surface area contributed by atoms with Gasteiger partial charge in [-0.15, -0.1) is 11.6 Å². The molecule has 1 aromatic carbocycles. The van der Waals surface area contributed by atoms with Gasteiger partial charge in [-0.2, -0.15) is 11.8 Å². The van der Waals surface area contributed by atoms with Crippen molar-refractivity contribution in [2.75, 3.05) is 6.26 Å². The summed E-state index contributed by atoms with van der Waals surface area (Å²) < 4.78 is 2.62. The molecule has 5 heteroatoms. The molecule has 1 aromatic heterocycles. The van der Waals surface area contributed by atoms with E-state index in [4.69, 9.17) is 23.2 Å². The zero-order chi connectivity index (χ0) is 13.6. The summed E-state index contributed by atoms with van der Waals surface area (Å²) in [6, 6.07) is 5.84. The van der Waals surface area contributed by atoms with Crippen LogP contribution in [-0.4, -0.2) is 20.6 Å². The number of imidazole rings is 1. The Labute approximate surface area is 127 Å². The van der Waals surface area contributed by atoms with Crippen LogP contribution >= 0.6 is 35.0 Å². The molecule has 2 nitrogen and oxygen atoms in total. The lowest BCUT2D eigenvalue weighted by atomic mass is 10.3. The van der Waals surface area contributed by atoms with Crippen LogP contribution in [0.2, 0.25) is 5.02 Å². The minimum Gasteiger partial charge on any atom is -0.325 e. The summed E-state index contributed by atoms with van der Waals surface area (Å²) in [4.78, 5) is 4.66. The Morgan fingerprint density at radius 1 is 1.47 bits per heavy atom. The fourth-order valence-electron chi connectivity index (χ4n) is 2.44. The highest BCUT2D eigenvalue weighted by molar-refractivity contribution is 8.00. The molecule has 102 valence electrons. The number of hydrogen-bond acceptors (Lipinski definition) is 2. The van der Waals surface area contributed by atoms with Gasteiger partial charge in [0.1, 0.15) is 5.82 Å². The first-order chi connectivity index (χ1) is 9.04. The van der Waals surface area contributed by atoms with Crippen LogP contribution < -0.4 is 0 Å². The zero-order valence-corrected chi connectivity index (χ0v) is 13.3. The molecule has 0 saturated heterocycles. The largest absolute Gasteiger partial charge is 0.325 e. The van der Waals surface area contributed by atoms with Crippen molar-refractivity contribution in [3.8, 4) is 0 Å². The van der Waals surface area contributed by atoms with Gasteiger partial charge in [0.25, 0.3) is 0 Å². The van der Waals surface area contributed by atoms with Gasteiger partial charge in [0.15, 0.2) is 0 Å². The Hall–Kier alpha value is -0.380. The van der Waals surface area contributed by atoms with E-state index in [1.54, 1.807) is 0 Å². The average Bonchev–Trinajstić information content (AvgIpc) is 3.07. The van der Waals surface area contributed by atoms with E-state index in [-0.39, 0.29) is 5.38 Å². The third-order valence-corrected chi connectivity index (χ3v) is 5.62. The number of nitrogens with zero attached hydrogens (tertiary/aromatic N) is 2. The third-order valence-electron chi connectivity index (χ3n) is 3.78. The molecule has 1 aliphatic carbocycles. The van der Waals surface area contributed by atoms with Crippen molar-refractivity contribution < 1.29 is 0 Å². The molecule has 1 saturated carbocycles. The van der Waals surface area contributed by atoms with E-state index >= 15 is 0 Å². The zero-order valence-electron chi connectivity index (χ0n) is 11.0. The number of benzene rings is 1. The van der Waals surface area contributed by atoms with Gasteiger partial charge in [-0.3, -0.25) is 0 Å². The Balaban J connectivity index is 2.13. The van der Waals surface area contributed by atoms with Crippen LogP contribution in [0.15, 0.2) is 18.2 Å². The van der Waals surface area contributed by atoms with E-state index in [1.165, 1.54) is 12.8 Å². The van der Waals surface area contributed by atoms with Crippen LogP contribution in [0.3, 0.4) is 0 Å². The SMILES string of the molecule is CSC1(Cn2c(C(C)Cl)nc3ccc(Cl)cc32)CC1. The Bertz CT molecular complexity index is 617. The lowest BCUT2D eigenvalue weighted by molar-refractivity contribution is 0.639. The molecule has 1 aliphatic rings. The predicted molar refractivity (Wildman–Crippen MR) is 84.5 cm³/mol. The number of rotatable bonds is 4. The normalized spacial score (nSPS) is 18.7. The summed E-state index contributed by atoms with van der Waals surface area (Å²) in [6.07, 6.45) is 4.72. The first-order valence-corrected chi connectivity index (χ1v) is 8.43. The second-order valence-electron chi connectivity index (χ2n) is 5.19. The minimum atomic E-state index is -0.0937. The summed E-state index contributed by atoms with van der Waals surface area (Å²) in [5.74, 6) is 0.944. The first kappa shape index (κ1) is 13.6. The summed E-state index contributed by atoms with van der Waals surface area (Å²) >= 11 is 14.4. The smallest absolute Gasteiger partial charge is 0.127 e. The highest BCUT2D eigenvalue weighted by Gasteiger charge is 2.43. The standard InChI is InChI=1S/C14H16Cl2N2S/c1-9(15)13-17-11-4-3-10(16)7-12(11)18(13)8-14(19-2)5-6-14/h3-4,7,9H,5-6,8H2,1-2H3. The molecule has 0 spiro atoms. The van der Waals surface area contributed by atoms with Crippen molar-refractivity contribution in [3.05, 3.63) is 29.0 Å². The number of thioether (sulfide) groups is 1. The molecular formula is C14H16Cl2N2S. The molecule has 0 N–H and O–H groups in total.